The van der Waals surface area contributed by atoms with Crippen molar-refractivity contribution in [2.24, 2.45) is 0 Å². The Morgan fingerprint density at radius 2 is 1.88 bits per heavy atom. The number of nitrogens with zero attached hydrogens (tertiary/aromatic N) is 4. The van der Waals surface area contributed by atoms with E-state index in [9.17, 15) is 17.6 Å². The Hall–Kier alpha value is -3.11. The Bertz CT molecular complexity index is 1250. The summed E-state index contributed by atoms with van der Waals surface area (Å²) >= 11 is 0. The van der Waals surface area contributed by atoms with Crippen LogP contribution >= 0.6 is 0 Å². The second kappa shape index (κ2) is 8.44. The second-order valence-corrected chi connectivity index (χ2v) is 9.82. The number of amides is 1. The van der Waals surface area contributed by atoms with Crippen LogP contribution in [0.3, 0.4) is 0 Å². The number of hydrogen-bond acceptors (Lipinski definition) is 5. The molecule has 168 valence electrons. The number of carbonyl (C=O) groups is 1. The molecule has 1 amide bonds. The number of aromatic nitrogens is 3. The first kappa shape index (κ1) is 22.1. The number of halogens is 1. The molecule has 0 saturated carbocycles. The number of anilines is 1. The van der Waals surface area contributed by atoms with Gasteiger partial charge in [-0.15, -0.1) is 0 Å². The van der Waals surface area contributed by atoms with Crippen molar-refractivity contribution in [1.29, 1.82) is 0 Å². The Kier molecular flexibility index (Phi) is 5.83. The Balaban J connectivity index is 1.57. The molecular weight excluding hydrogens is 433 g/mol. The van der Waals surface area contributed by atoms with Gasteiger partial charge in [0.05, 0.1) is 4.90 Å². The van der Waals surface area contributed by atoms with Crippen LogP contribution in [-0.2, 0) is 14.8 Å². The van der Waals surface area contributed by atoms with Gasteiger partial charge in [-0.25, -0.2) is 22.5 Å². The zero-order valence-corrected chi connectivity index (χ0v) is 18.9. The van der Waals surface area contributed by atoms with E-state index in [2.05, 4.69) is 15.4 Å². The lowest BCUT2D eigenvalue weighted by Gasteiger charge is -2.25. The summed E-state index contributed by atoms with van der Waals surface area (Å²) in [6.07, 6.45) is 3.63. The minimum Gasteiger partial charge on any atom is -0.325 e. The highest BCUT2D eigenvalue weighted by atomic mass is 32.2. The molecule has 0 radical (unpaired) electrons. The molecular formula is C22H24FN5O3S. The highest BCUT2D eigenvalue weighted by Gasteiger charge is 2.40. The molecule has 1 saturated heterocycles. The van der Waals surface area contributed by atoms with Crippen LogP contribution in [0.1, 0.15) is 29.5 Å². The average Bonchev–Trinajstić information content (AvgIpc) is 3.39. The van der Waals surface area contributed by atoms with E-state index >= 15 is 0 Å². The third kappa shape index (κ3) is 4.03. The minimum absolute atomic E-state index is 0.191. The lowest BCUT2D eigenvalue weighted by molar-refractivity contribution is -0.119. The van der Waals surface area contributed by atoms with Gasteiger partial charge in [-0.2, -0.15) is 9.40 Å². The molecule has 1 N–H and O–H groups in total. The van der Waals surface area contributed by atoms with Crippen molar-refractivity contribution in [3.63, 3.8) is 0 Å². The van der Waals surface area contributed by atoms with Crippen molar-refractivity contribution in [3.8, 4) is 5.69 Å². The van der Waals surface area contributed by atoms with Gasteiger partial charge in [0.1, 0.15) is 24.4 Å². The van der Waals surface area contributed by atoms with E-state index in [1.807, 2.05) is 19.1 Å². The number of carbonyl (C=O) groups excluding carboxylic acids is 1. The Labute approximate surface area is 186 Å². The molecule has 2 heterocycles. The predicted molar refractivity (Wildman–Crippen MR) is 118 cm³/mol. The van der Waals surface area contributed by atoms with E-state index < -0.39 is 27.8 Å². The van der Waals surface area contributed by atoms with E-state index in [1.165, 1.54) is 33.8 Å². The number of sulfonamides is 1. The molecule has 10 heteroatoms. The van der Waals surface area contributed by atoms with Crippen molar-refractivity contribution in [1.82, 2.24) is 19.1 Å². The van der Waals surface area contributed by atoms with Crippen molar-refractivity contribution >= 4 is 21.6 Å². The lowest BCUT2D eigenvalue weighted by Crippen LogP contribution is -2.43. The first-order chi connectivity index (χ1) is 15.2. The fourth-order valence-electron chi connectivity index (χ4n) is 4.31. The van der Waals surface area contributed by atoms with E-state index in [4.69, 9.17) is 0 Å². The molecule has 4 rings (SSSR count). The molecule has 8 nitrogen and oxygen atoms in total. The van der Waals surface area contributed by atoms with E-state index in [-0.39, 0.29) is 22.8 Å². The molecule has 1 aliphatic heterocycles. The maximum Gasteiger partial charge on any atom is 0.244 e. The number of hydrogen-bond donors (Lipinski definition) is 1. The van der Waals surface area contributed by atoms with E-state index in [0.29, 0.717) is 24.0 Å². The van der Waals surface area contributed by atoms with Crippen molar-refractivity contribution in [2.45, 2.75) is 44.6 Å². The third-order valence-corrected chi connectivity index (χ3v) is 7.77. The van der Waals surface area contributed by atoms with Crippen LogP contribution < -0.4 is 5.32 Å². The zero-order valence-electron chi connectivity index (χ0n) is 18.0. The summed E-state index contributed by atoms with van der Waals surface area (Å²) < 4.78 is 43.9. The number of nitrogens with one attached hydrogen (secondary N) is 1. The van der Waals surface area contributed by atoms with Gasteiger partial charge in [-0.1, -0.05) is 17.7 Å². The van der Waals surface area contributed by atoms with Crippen LogP contribution in [0.25, 0.3) is 5.69 Å². The summed E-state index contributed by atoms with van der Waals surface area (Å²) in [5.74, 6) is -1.07. The maximum atomic E-state index is 14.5. The Morgan fingerprint density at radius 1 is 1.16 bits per heavy atom. The lowest BCUT2D eigenvalue weighted by atomic mass is 10.1. The monoisotopic (exact) mass is 457 g/mol. The first-order valence-corrected chi connectivity index (χ1v) is 11.7. The van der Waals surface area contributed by atoms with Gasteiger partial charge in [0.2, 0.25) is 15.9 Å². The summed E-state index contributed by atoms with van der Waals surface area (Å²) in [6.45, 7) is 5.69. The van der Waals surface area contributed by atoms with Crippen LogP contribution in [0.4, 0.5) is 10.1 Å². The molecule has 1 aromatic heterocycles. The van der Waals surface area contributed by atoms with Gasteiger partial charge in [-0.05, 0) is 62.9 Å². The van der Waals surface area contributed by atoms with Gasteiger partial charge in [0.25, 0.3) is 0 Å². The van der Waals surface area contributed by atoms with Gasteiger partial charge in [0.15, 0.2) is 5.82 Å². The zero-order chi connectivity index (χ0) is 23.0. The topological polar surface area (TPSA) is 97.2 Å². The van der Waals surface area contributed by atoms with E-state index in [1.54, 1.807) is 19.9 Å². The fourth-order valence-corrected chi connectivity index (χ4v) is 6.38. The summed E-state index contributed by atoms with van der Waals surface area (Å²) in [5, 5.41) is 6.55. The standard InChI is InChI=1S/C22H24FN5O3S/c1-14-9-15(2)21(16(3)10-14)32(30,31)28-8-4-5-20(28)22(29)26-17-6-7-19(18(23)11-17)27-13-24-12-25-27/h6-7,9-13,20H,4-5,8H2,1-3H3,(H,26,29). The summed E-state index contributed by atoms with van der Waals surface area (Å²) in [5.41, 5.74) is 2.71. The maximum absolute atomic E-state index is 14.5. The number of aryl methyl sites for hydroxylation is 3. The molecule has 1 aliphatic rings. The molecule has 0 bridgehead atoms. The third-order valence-electron chi connectivity index (χ3n) is 5.56. The molecule has 3 aromatic rings. The highest BCUT2D eigenvalue weighted by molar-refractivity contribution is 7.89. The highest BCUT2D eigenvalue weighted by Crippen LogP contribution is 2.31. The molecule has 1 fully saturated rings. The van der Waals surface area contributed by atoms with E-state index in [0.717, 1.165) is 5.56 Å². The number of benzene rings is 2. The fraction of sp³-hybridized carbons (Fsp3) is 0.318. The molecule has 2 aromatic carbocycles. The van der Waals surface area contributed by atoms with Gasteiger partial charge in [0, 0.05) is 12.2 Å². The summed E-state index contributed by atoms with van der Waals surface area (Å²) in [6, 6.07) is 6.98. The van der Waals surface area contributed by atoms with Crippen molar-refractivity contribution < 1.29 is 17.6 Å². The molecule has 32 heavy (non-hydrogen) atoms. The second-order valence-electron chi connectivity index (χ2n) is 8.00. The quantitative estimate of drug-likeness (QED) is 0.635. The van der Waals surface area contributed by atoms with Gasteiger partial charge < -0.3 is 5.32 Å². The molecule has 1 unspecified atom stereocenters. The summed E-state index contributed by atoms with van der Waals surface area (Å²) in [7, 11) is -3.87. The predicted octanol–water partition coefficient (Wildman–Crippen LogP) is 3.12. The van der Waals surface area contributed by atoms with Crippen LogP contribution in [0, 0.1) is 26.6 Å². The number of rotatable bonds is 5. The van der Waals surface area contributed by atoms with Gasteiger partial charge in [-0.3, -0.25) is 4.79 Å². The van der Waals surface area contributed by atoms with Gasteiger partial charge >= 0.3 is 0 Å². The molecule has 0 spiro atoms. The van der Waals surface area contributed by atoms with Crippen molar-refractivity contribution in [3.05, 3.63) is 65.5 Å². The largest absolute Gasteiger partial charge is 0.325 e. The minimum atomic E-state index is -3.87. The SMILES string of the molecule is Cc1cc(C)c(S(=O)(=O)N2CCCC2C(=O)Nc2ccc(-n3cncn3)c(F)c2)c(C)c1. The molecule has 0 aliphatic carbocycles. The van der Waals surface area contributed by atoms with Crippen LogP contribution in [0.5, 0.6) is 0 Å². The normalized spacial score (nSPS) is 16.9. The average molecular weight is 458 g/mol. The van der Waals surface area contributed by atoms with Crippen LogP contribution in [0.2, 0.25) is 0 Å². The van der Waals surface area contributed by atoms with Crippen LogP contribution in [-0.4, -0.2) is 46.0 Å². The van der Waals surface area contributed by atoms with Crippen molar-refractivity contribution in [2.75, 3.05) is 11.9 Å². The van der Waals surface area contributed by atoms with Crippen LogP contribution in [0.15, 0.2) is 47.9 Å². The summed E-state index contributed by atoms with van der Waals surface area (Å²) in [4.78, 5) is 17.0. The smallest absolute Gasteiger partial charge is 0.244 e. The molecule has 1 atom stereocenters. The Morgan fingerprint density at radius 3 is 2.50 bits per heavy atom. The first-order valence-electron chi connectivity index (χ1n) is 10.2.